The van der Waals surface area contributed by atoms with Crippen LogP contribution in [0, 0.1) is 10.1 Å². The lowest BCUT2D eigenvalue weighted by Crippen LogP contribution is -2.43. The monoisotopic (exact) mass is 453 g/mol. The second-order valence-electron chi connectivity index (χ2n) is 5.85. The van der Waals surface area contributed by atoms with Gasteiger partial charge in [-0.3, -0.25) is 9.59 Å². The van der Waals surface area contributed by atoms with E-state index >= 15 is 0 Å². The molecule has 29 heavy (non-hydrogen) atoms. The maximum Gasteiger partial charge on any atom is 0.329 e. The van der Waals surface area contributed by atoms with E-state index in [1.54, 1.807) is 0 Å². The van der Waals surface area contributed by atoms with Crippen LogP contribution in [0.15, 0.2) is 0 Å². The van der Waals surface area contributed by atoms with E-state index in [0.29, 0.717) is 32.2 Å². The lowest BCUT2D eigenvalue weighted by molar-refractivity contribution is -0.757. The van der Waals surface area contributed by atoms with Crippen LogP contribution in [0.5, 0.6) is 0 Å². The molecule has 0 spiro atoms. The molecule has 6 N–H and O–H groups in total. The molecular formula is C15H27N5O7S2. The minimum absolute atomic E-state index is 0.00409. The third kappa shape index (κ3) is 15.4. The first-order chi connectivity index (χ1) is 13.6. The normalized spacial score (nSPS) is 12.3. The number of thiocarbonyl (C=S) groups is 1. The van der Waals surface area contributed by atoms with Crippen molar-refractivity contribution in [1.29, 1.82) is 0 Å². The molecule has 0 aliphatic carbocycles. The number of carbonyl (C=O) groups is 3. The van der Waals surface area contributed by atoms with Crippen LogP contribution in [0.25, 0.3) is 0 Å². The van der Waals surface area contributed by atoms with Gasteiger partial charge in [-0.25, -0.2) is 4.79 Å². The van der Waals surface area contributed by atoms with Crippen LogP contribution < -0.4 is 22.1 Å². The Morgan fingerprint density at radius 2 is 1.90 bits per heavy atom. The van der Waals surface area contributed by atoms with Crippen molar-refractivity contribution < 1.29 is 29.0 Å². The van der Waals surface area contributed by atoms with Gasteiger partial charge in [0.1, 0.15) is 6.04 Å². The number of nitrogens with two attached hydrogens (primary N) is 2. The van der Waals surface area contributed by atoms with Gasteiger partial charge in [-0.2, -0.15) is 0 Å². The fraction of sp³-hybridized carbons (Fsp3) is 0.733. The Hall–Kier alpha value is -2.19. The number of rotatable bonds is 15. The van der Waals surface area contributed by atoms with Crippen molar-refractivity contribution in [2.75, 3.05) is 25.5 Å². The molecule has 0 aromatic carbocycles. The Morgan fingerprint density at radius 1 is 1.24 bits per heavy atom. The van der Waals surface area contributed by atoms with Crippen molar-refractivity contribution in [2.45, 2.75) is 44.7 Å². The molecule has 0 heterocycles. The van der Waals surface area contributed by atoms with E-state index in [0.717, 1.165) is 11.8 Å². The number of esters is 1. The highest BCUT2D eigenvalue weighted by molar-refractivity contribution is 8.13. The fourth-order valence-corrected chi connectivity index (χ4v) is 2.94. The minimum Gasteiger partial charge on any atom is -0.464 e. The Morgan fingerprint density at radius 3 is 2.48 bits per heavy atom. The van der Waals surface area contributed by atoms with E-state index in [1.165, 1.54) is 6.92 Å². The quantitative estimate of drug-likeness (QED) is 0.0797. The van der Waals surface area contributed by atoms with Gasteiger partial charge in [-0.15, -0.1) is 10.1 Å². The molecule has 0 bridgehead atoms. The molecule has 12 nitrogen and oxygen atoms in total. The van der Waals surface area contributed by atoms with E-state index in [2.05, 4.69) is 27.7 Å². The largest absolute Gasteiger partial charge is 0.464 e. The molecule has 1 unspecified atom stereocenters. The molecule has 0 saturated heterocycles. The summed E-state index contributed by atoms with van der Waals surface area (Å²) in [6, 6.07) is -1.75. The summed E-state index contributed by atoms with van der Waals surface area (Å²) in [5.41, 5.74) is 11.1. The zero-order valence-electron chi connectivity index (χ0n) is 16.1. The molecule has 0 aromatic rings. The lowest BCUT2D eigenvalue weighted by atomic mass is 10.2. The molecular weight excluding hydrogens is 426 g/mol. The third-order valence-corrected chi connectivity index (χ3v) is 4.56. The average molecular weight is 454 g/mol. The third-order valence-electron chi connectivity index (χ3n) is 3.33. The molecule has 1 amide bonds. The lowest BCUT2D eigenvalue weighted by Gasteiger charge is -2.17. The topological polar surface area (TPSA) is 189 Å². The van der Waals surface area contributed by atoms with Gasteiger partial charge >= 0.3 is 5.97 Å². The zero-order valence-corrected chi connectivity index (χ0v) is 17.7. The molecule has 14 heteroatoms. The number of thioether (sulfide) groups is 1. The number of nitrogens with zero attached hydrogens (tertiary/aromatic N) is 1. The van der Waals surface area contributed by atoms with Crippen molar-refractivity contribution in [3.05, 3.63) is 10.1 Å². The summed E-state index contributed by atoms with van der Waals surface area (Å²) in [6.45, 7) is 1.63. The second-order valence-corrected chi connectivity index (χ2v) is 7.32. The van der Waals surface area contributed by atoms with Gasteiger partial charge in [-0.1, -0.05) is 11.8 Å². The first-order valence-corrected chi connectivity index (χ1v) is 10.2. The molecule has 0 radical (unpaired) electrons. The molecule has 0 aromatic heterocycles. The summed E-state index contributed by atoms with van der Waals surface area (Å²) in [5.74, 6) is -1.18. The van der Waals surface area contributed by atoms with Gasteiger partial charge in [0.05, 0.1) is 19.3 Å². The van der Waals surface area contributed by atoms with E-state index in [9.17, 15) is 24.5 Å². The van der Waals surface area contributed by atoms with Crippen molar-refractivity contribution >= 4 is 46.1 Å². The number of unbranched alkanes of at least 4 members (excludes halogenated alkanes) is 1. The summed E-state index contributed by atoms with van der Waals surface area (Å²) in [6.07, 6.45) is 1.67. The van der Waals surface area contributed by atoms with E-state index in [4.69, 9.17) is 16.2 Å². The maximum absolute atomic E-state index is 12.1. The summed E-state index contributed by atoms with van der Waals surface area (Å²) in [4.78, 5) is 49.7. The zero-order chi connectivity index (χ0) is 22.2. The molecule has 0 rings (SSSR count). The number of carbonyl (C=O) groups excluding carboxylic acids is 3. The van der Waals surface area contributed by atoms with Crippen LogP contribution in [-0.4, -0.2) is 64.8 Å². The first kappa shape index (κ1) is 26.8. The van der Waals surface area contributed by atoms with Crippen molar-refractivity contribution in [3.8, 4) is 0 Å². The predicted octanol–water partition coefficient (Wildman–Crippen LogP) is -0.777. The predicted molar refractivity (Wildman–Crippen MR) is 110 cm³/mol. The Bertz CT molecular complexity index is 579. The van der Waals surface area contributed by atoms with Crippen molar-refractivity contribution in [1.82, 2.24) is 10.6 Å². The van der Waals surface area contributed by atoms with E-state index < -0.39 is 29.0 Å². The van der Waals surface area contributed by atoms with Crippen LogP contribution in [0.2, 0.25) is 0 Å². The average Bonchev–Trinajstić information content (AvgIpc) is 2.63. The van der Waals surface area contributed by atoms with Gasteiger partial charge in [-0.05, 0) is 37.9 Å². The van der Waals surface area contributed by atoms with Gasteiger partial charge in [0.2, 0.25) is 11.0 Å². The molecule has 0 aliphatic heterocycles. The number of hydrogen-bond acceptors (Lipinski definition) is 10. The number of nitrogens with one attached hydrogen (secondary N) is 2. The van der Waals surface area contributed by atoms with Crippen molar-refractivity contribution in [2.24, 2.45) is 11.5 Å². The van der Waals surface area contributed by atoms with E-state index in [-0.39, 0.29) is 29.2 Å². The Balaban J connectivity index is 4.29. The molecule has 2 atom stereocenters. The molecule has 166 valence electrons. The second kappa shape index (κ2) is 15.7. The molecule has 0 saturated carbocycles. The SMILES string of the molecule is CC(=O)N[C@@H](CSC(=O)C(N)CCCNC(N)=S)C(=O)OCCCCO[N+](=O)[O-]. The number of ether oxygens (including phenoxy) is 1. The molecule has 0 aliphatic rings. The highest BCUT2D eigenvalue weighted by Crippen LogP contribution is 2.11. The number of hydrogen-bond donors (Lipinski definition) is 4. The van der Waals surface area contributed by atoms with Crippen molar-refractivity contribution in [3.63, 3.8) is 0 Å². The first-order valence-electron chi connectivity index (χ1n) is 8.80. The van der Waals surface area contributed by atoms with Gasteiger partial charge < -0.3 is 31.7 Å². The Labute approximate surface area is 177 Å². The standard InChI is InChI=1S/C15H27N5O7S2/c1-10(21)19-12(13(22)26-7-2-3-8-27-20(24)25)9-29-14(23)11(16)5-4-6-18-15(17)28/h11-12H,2-9,16H2,1H3,(H,19,21)(H3,17,18,28)/t11?,12-/m0/s1. The summed E-state index contributed by atoms with van der Waals surface area (Å²) in [7, 11) is 0. The molecule has 0 fully saturated rings. The van der Waals surface area contributed by atoms with Crippen LogP contribution in [0.1, 0.15) is 32.6 Å². The van der Waals surface area contributed by atoms with Gasteiger partial charge in [0.15, 0.2) is 5.11 Å². The highest BCUT2D eigenvalue weighted by atomic mass is 32.2. The smallest absolute Gasteiger partial charge is 0.329 e. The highest BCUT2D eigenvalue weighted by Gasteiger charge is 2.24. The van der Waals surface area contributed by atoms with E-state index in [1.807, 2.05) is 0 Å². The van der Waals surface area contributed by atoms with Gasteiger partial charge in [0.25, 0.3) is 5.09 Å². The Kier molecular flexibility index (Phi) is 14.5. The number of amides is 1. The van der Waals surface area contributed by atoms with Crippen LogP contribution in [0.4, 0.5) is 0 Å². The van der Waals surface area contributed by atoms with Crippen LogP contribution >= 0.6 is 24.0 Å². The minimum atomic E-state index is -1.01. The summed E-state index contributed by atoms with van der Waals surface area (Å²) in [5, 5.41) is 14.1. The maximum atomic E-state index is 12.1. The van der Waals surface area contributed by atoms with Gasteiger partial charge in [0, 0.05) is 19.2 Å². The summed E-state index contributed by atoms with van der Waals surface area (Å²) >= 11 is 5.50. The van der Waals surface area contributed by atoms with Crippen LogP contribution in [0.3, 0.4) is 0 Å². The van der Waals surface area contributed by atoms with Crippen LogP contribution in [-0.2, 0) is 24.0 Å². The summed E-state index contributed by atoms with van der Waals surface area (Å²) < 4.78 is 5.04. The fourth-order valence-electron chi connectivity index (χ4n) is 1.95.